The van der Waals surface area contributed by atoms with Crippen LogP contribution in [0.2, 0.25) is 0 Å². The van der Waals surface area contributed by atoms with Gasteiger partial charge in [-0.3, -0.25) is 9.59 Å². The fraction of sp³-hybridized carbons (Fsp3) is 0.474. The number of fused-ring (bicyclic) bond motifs is 1. The Balaban J connectivity index is 1.58. The number of hydrogen-bond acceptors (Lipinski definition) is 4. The Morgan fingerprint density at radius 3 is 2.59 bits per heavy atom. The third kappa shape index (κ3) is 3.51. The molecule has 2 saturated heterocycles. The van der Waals surface area contributed by atoms with Crippen molar-refractivity contribution in [1.29, 1.82) is 0 Å². The minimum atomic E-state index is -3.68. The number of carbonyl (C=O) groups is 1. The SMILES string of the molecule is O=C(C1CCCN(S(=O)(=O)c2ccc3[nH]c(=O)ccc3c2)C1)N1CCCC1. The molecule has 2 aliphatic rings. The maximum absolute atomic E-state index is 13.1. The van der Waals surface area contributed by atoms with Gasteiger partial charge < -0.3 is 9.88 Å². The fourth-order valence-electron chi connectivity index (χ4n) is 4.00. The Kier molecular flexibility index (Phi) is 4.77. The van der Waals surface area contributed by atoms with Crippen molar-refractivity contribution in [3.63, 3.8) is 0 Å². The van der Waals surface area contributed by atoms with Crippen LogP contribution in [0, 0.1) is 5.92 Å². The second-order valence-corrected chi connectivity index (χ2v) is 9.24. The number of carbonyl (C=O) groups excluding carboxylic acids is 1. The number of sulfonamides is 1. The molecule has 144 valence electrons. The Morgan fingerprint density at radius 2 is 1.81 bits per heavy atom. The lowest BCUT2D eigenvalue weighted by Gasteiger charge is -2.33. The summed E-state index contributed by atoms with van der Waals surface area (Å²) in [4.78, 5) is 28.8. The van der Waals surface area contributed by atoms with Crippen LogP contribution in [0.15, 0.2) is 40.0 Å². The standard InChI is InChI=1S/C19H23N3O4S/c23-18-8-5-14-12-16(6-7-17(14)20-18)27(25,26)22-11-3-4-15(13-22)19(24)21-9-1-2-10-21/h5-8,12,15H,1-4,9-11,13H2,(H,20,23). The first-order chi connectivity index (χ1) is 12.9. The van der Waals surface area contributed by atoms with Crippen LogP contribution >= 0.6 is 0 Å². The van der Waals surface area contributed by atoms with Gasteiger partial charge in [0.25, 0.3) is 0 Å². The van der Waals surface area contributed by atoms with Crippen molar-refractivity contribution in [2.45, 2.75) is 30.6 Å². The molecule has 2 aromatic rings. The van der Waals surface area contributed by atoms with Gasteiger partial charge in [-0.25, -0.2) is 8.42 Å². The quantitative estimate of drug-likeness (QED) is 0.862. The van der Waals surface area contributed by atoms with Gasteiger partial charge in [-0.15, -0.1) is 0 Å². The predicted octanol–water partition coefficient (Wildman–Crippen LogP) is 1.55. The summed E-state index contributed by atoms with van der Waals surface area (Å²) in [6, 6.07) is 7.69. The summed E-state index contributed by atoms with van der Waals surface area (Å²) in [5.74, 6) is -0.174. The van der Waals surface area contributed by atoms with Crippen LogP contribution in [0.5, 0.6) is 0 Å². The average Bonchev–Trinajstić information content (AvgIpc) is 3.21. The number of amides is 1. The zero-order chi connectivity index (χ0) is 19.0. The van der Waals surface area contributed by atoms with E-state index in [1.54, 1.807) is 18.2 Å². The minimum Gasteiger partial charge on any atom is -0.342 e. The van der Waals surface area contributed by atoms with Crippen LogP contribution in [0.3, 0.4) is 0 Å². The normalized spacial score (nSPS) is 21.6. The van der Waals surface area contributed by atoms with E-state index in [-0.39, 0.29) is 28.8 Å². The molecule has 0 spiro atoms. The van der Waals surface area contributed by atoms with Crippen molar-refractivity contribution in [3.05, 3.63) is 40.7 Å². The molecule has 1 atom stereocenters. The highest BCUT2D eigenvalue weighted by molar-refractivity contribution is 7.89. The zero-order valence-corrected chi connectivity index (χ0v) is 15.9. The summed E-state index contributed by atoms with van der Waals surface area (Å²) in [6.45, 7) is 2.23. The third-order valence-corrected chi connectivity index (χ3v) is 7.35. The van der Waals surface area contributed by atoms with Gasteiger partial charge in [0, 0.05) is 37.8 Å². The molecule has 27 heavy (non-hydrogen) atoms. The number of nitrogens with one attached hydrogen (secondary N) is 1. The van der Waals surface area contributed by atoms with Gasteiger partial charge in [0.15, 0.2) is 0 Å². The second kappa shape index (κ2) is 7.09. The van der Waals surface area contributed by atoms with E-state index in [1.807, 2.05) is 4.90 Å². The van der Waals surface area contributed by atoms with Gasteiger partial charge in [0.1, 0.15) is 0 Å². The Morgan fingerprint density at radius 1 is 1.04 bits per heavy atom. The first-order valence-electron chi connectivity index (χ1n) is 9.37. The van der Waals surface area contributed by atoms with Gasteiger partial charge in [-0.05, 0) is 55.3 Å². The maximum atomic E-state index is 13.1. The molecule has 1 aromatic carbocycles. The lowest BCUT2D eigenvalue weighted by molar-refractivity contribution is -0.135. The Labute approximate surface area is 158 Å². The first kappa shape index (κ1) is 18.2. The number of rotatable bonds is 3. The lowest BCUT2D eigenvalue weighted by atomic mass is 9.98. The number of aromatic amines is 1. The van der Waals surface area contributed by atoms with E-state index in [1.165, 1.54) is 16.4 Å². The van der Waals surface area contributed by atoms with Crippen molar-refractivity contribution >= 4 is 26.8 Å². The number of nitrogens with zero attached hydrogens (tertiary/aromatic N) is 2. The highest BCUT2D eigenvalue weighted by atomic mass is 32.2. The summed E-state index contributed by atoms with van der Waals surface area (Å²) in [5.41, 5.74) is 0.375. The highest BCUT2D eigenvalue weighted by Gasteiger charge is 2.35. The van der Waals surface area contributed by atoms with Crippen LogP contribution in [0.4, 0.5) is 0 Å². The number of pyridine rings is 1. The van der Waals surface area contributed by atoms with Crippen LogP contribution in [-0.4, -0.2) is 54.7 Å². The van der Waals surface area contributed by atoms with Crippen LogP contribution in [0.25, 0.3) is 10.9 Å². The molecule has 0 aliphatic carbocycles. The van der Waals surface area contributed by atoms with Gasteiger partial charge in [0.05, 0.1) is 10.8 Å². The Bertz CT molecular complexity index is 1020. The van der Waals surface area contributed by atoms with Gasteiger partial charge >= 0.3 is 0 Å². The minimum absolute atomic E-state index is 0.0866. The molecule has 8 heteroatoms. The number of hydrogen-bond donors (Lipinski definition) is 1. The molecule has 3 heterocycles. The summed E-state index contributed by atoms with van der Waals surface area (Å²) in [7, 11) is -3.68. The Hall–Kier alpha value is -2.19. The molecule has 4 rings (SSSR count). The van der Waals surface area contributed by atoms with Crippen molar-refractivity contribution in [1.82, 2.24) is 14.2 Å². The number of likely N-dealkylation sites (tertiary alicyclic amines) is 1. The predicted molar refractivity (Wildman–Crippen MR) is 102 cm³/mol. The summed E-state index contributed by atoms with van der Waals surface area (Å²) < 4.78 is 27.7. The number of benzene rings is 1. The molecular weight excluding hydrogens is 366 g/mol. The molecule has 2 aliphatic heterocycles. The van der Waals surface area contributed by atoms with Crippen molar-refractivity contribution < 1.29 is 13.2 Å². The molecule has 7 nitrogen and oxygen atoms in total. The average molecular weight is 389 g/mol. The topological polar surface area (TPSA) is 90.5 Å². The van der Waals surface area contributed by atoms with E-state index in [0.717, 1.165) is 32.4 Å². The number of aromatic nitrogens is 1. The monoisotopic (exact) mass is 389 g/mol. The van der Waals surface area contributed by atoms with E-state index in [0.29, 0.717) is 23.9 Å². The van der Waals surface area contributed by atoms with Crippen molar-refractivity contribution in [2.75, 3.05) is 26.2 Å². The van der Waals surface area contributed by atoms with E-state index in [9.17, 15) is 18.0 Å². The van der Waals surface area contributed by atoms with Crippen LogP contribution in [-0.2, 0) is 14.8 Å². The van der Waals surface area contributed by atoms with Gasteiger partial charge in [-0.1, -0.05) is 0 Å². The molecule has 1 aromatic heterocycles. The van der Waals surface area contributed by atoms with Gasteiger partial charge in [-0.2, -0.15) is 4.31 Å². The molecule has 1 unspecified atom stereocenters. The van der Waals surface area contributed by atoms with Crippen molar-refractivity contribution in [2.24, 2.45) is 5.92 Å². The molecule has 2 fully saturated rings. The van der Waals surface area contributed by atoms with Crippen LogP contribution in [0.1, 0.15) is 25.7 Å². The zero-order valence-electron chi connectivity index (χ0n) is 15.1. The molecule has 1 amide bonds. The van der Waals surface area contributed by atoms with E-state index < -0.39 is 10.0 Å². The van der Waals surface area contributed by atoms with E-state index in [4.69, 9.17) is 0 Å². The van der Waals surface area contributed by atoms with E-state index in [2.05, 4.69) is 4.98 Å². The van der Waals surface area contributed by atoms with Crippen LogP contribution < -0.4 is 5.56 Å². The lowest BCUT2D eigenvalue weighted by Crippen LogP contribution is -2.46. The summed E-state index contributed by atoms with van der Waals surface area (Å²) in [6.07, 6.45) is 3.48. The number of piperidine rings is 1. The third-order valence-electron chi connectivity index (χ3n) is 5.48. The maximum Gasteiger partial charge on any atom is 0.248 e. The molecule has 0 bridgehead atoms. The molecular formula is C19H23N3O4S. The largest absolute Gasteiger partial charge is 0.342 e. The first-order valence-corrected chi connectivity index (χ1v) is 10.8. The highest BCUT2D eigenvalue weighted by Crippen LogP contribution is 2.27. The van der Waals surface area contributed by atoms with Gasteiger partial charge in [0.2, 0.25) is 21.5 Å². The second-order valence-electron chi connectivity index (χ2n) is 7.31. The van der Waals surface area contributed by atoms with E-state index >= 15 is 0 Å². The fourth-order valence-corrected chi connectivity index (χ4v) is 5.56. The summed E-state index contributed by atoms with van der Waals surface area (Å²) in [5, 5.41) is 0.664. The summed E-state index contributed by atoms with van der Waals surface area (Å²) >= 11 is 0. The van der Waals surface area contributed by atoms with Crippen molar-refractivity contribution in [3.8, 4) is 0 Å². The molecule has 0 saturated carbocycles. The molecule has 1 N–H and O–H groups in total. The smallest absolute Gasteiger partial charge is 0.248 e. The molecule has 0 radical (unpaired) electrons. The number of H-pyrrole nitrogens is 1.